The third kappa shape index (κ3) is 1.51. The van der Waals surface area contributed by atoms with E-state index in [9.17, 15) is 13.2 Å². The Morgan fingerprint density at radius 2 is 2.17 bits per heavy atom. The minimum atomic E-state index is -3.49. The predicted molar refractivity (Wildman–Crippen MR) is 42.2 cm³/mol. The van der Waals surface area contributed by atoms with Crippen molar-refractivity contribution < 1.29 is 17.6 Å². The van der Waals surface area contributed by atoms with Gasteiger partial charge in [0, 0.05) is 6.26 Å². The molecule has 1 heterocycles. The molecule has 1 aromatic rings. The Bertz CT molecular complexity index is 403. The van der Waals surface area contributed by atoms with Crippen LogP contribution in [0.3, 0.4) is 0 Å². The summed E-state index contributed by atoms with van der Waals surface area (Å²) in [6.07, 6.45) is 2.28. The van der Waals surface area contributed by atoms with Crippen LogP contribution in [0.4, 0.5) is 0 Å². The molecule has 0 aliphatic rings. The van der Waals surface area contributed by atoms with Gasteiger partial charge < -0.3 is 4.42 Å². The fraction of sp³-hybridized carbons (Fsp3) is 0.167. The standard InChI is InChI=1S/C6H5ClO4S/c1-12(9,10)6-4(7)3-11-5(6)2-8/h2-3H,1H3. The molecule has 0 unspecified atom stereocenters. The van der Waals surface area contributed by atoms with E-state index in [0.29, 0.717) is 6.29 Å². The number of hydrogen-bond acceptors (Lipinski definition) is 4. The van der Waals surface area contributed by atoms with E-state index in [1.54, 1.807) is 0 Å². The maximum absolute atomic E-state index is 11.0. The highest BCUT2D eigenvalue weighted by molar-refractivity contribution is 7.90. The summed E-state index contributed by atoms with van der Waals surface area (Å²) in [5.41, 5.74) is 0. The van der Waals surface area contributed by atoms with Crippen molar-refractivity contribution in [3.05, 3.63) is 17.0 Å². The SMILES string of the molecule is CS(=O)(=O)c1c(Cl)coc1C=O. The van der Waals surface area contributed by atoms with E-state index in [0.717, 1.165) is 12.5 Å². The van der Waals surface area contributed by atoms with Crippen molar-refractivity contribution >= 4 is 27.7 Å². The molecule has 4 nitrogen and oxygen atoms in total. The first-order valence-corrected chi connectivity index (χ1v) is 5.16. The minimum absolute atomic E-state index is 0.0698. The topological polar surface area (TPSA) is 64.3 Å². The Labute approximate surface area is 74.0 Å². The van der Waals surface area contributed by atoms with E-state index in [-0.39, 0.29) is 15.7 Å². The number of hydrogen-bond donors (Lipinski definition) is 0. The van der Waals surface area contributed by atoms with Crippen molar-refractivity contribution in [2.75, 3.05) is 6.26 Å². The summed E-state index contributed by atoms with van der Waals surface area (Å²) in [6, 6.07) is 0. The van der Waals surface area contributed by atoms with Crippen molar-refractivity contribution in [1.82, 2.24) is 0 Å². The molecule has 0 aliphatic heterocycles. The molecule has 12 heavy (non-hydrogen) atoms. The lowest BCUT2D eigenvalue weighted by molar-refractivity contribution is 0.109. The smallest absolute Gasteiger partial charge is 0.186 e. The van der Waals surface area contributed by atoms with Gasteiger partial charge in [-0.15, -0.1) is 0 Å². The van der Waals surface area contributed by atoms with E-state index < -0.39 is 9.84 Å². The lowest BCUT2D eigenvalue weighted by atomic mass is 10.5. The van der Waals surface area contributed by atoms with Gasteiger partial charge in [0.05, 0.1) is 5.02 Å². The van der Waals surface area contributed by atoms with Gasteiger partial charge in [-0.1, -0.05) is 11.6 Å². The normalized spacial score (nSPS) is 11.5. The molecule has 1 rings (SSSR count). The van der Waals surface area contributed by atoms with Crippen LogP contribution in [-0.4, -0.2) is 21.0 Å². The Balaban J connectivity index is 3.49. The Morgan fingerprint density at radius 3 is 2.50 bits per heavy atom. The number of carbonyl (C=O) groups excluding carboxylic acids is 1. The third-order valence-corrected chi connectivity index (χ3v) is 2.76. The van der Waals surface area contributed by atoms with Gasteiger partial charge in [0.15, 0.2) is 21.9 Å². The molecule has 0 radical (unpaired) electrons. The maximum Gasteiger partial charge on any atom is 0.186 e. The van der Waals surface area contributed by atoms with Crippen molar-refractivity contribution in [3.8, 4) is 0 Å². The summed E-state index contributed by atoms with van der Waals surface area (Å²) >= 11 is 5.48. The molecule has 0 atom stereocenters. The molecule has 0 saturated carbocycles. The maximum atomic E-state index is 11.0. The molecule has 0 N–H and O–H groups in total. The molecule has 1 aromatic heterocycles. The van der Waals surface area contributed by atoms with Gasteiger partial charge in [0.25, 0.3) is 0 Å². The summed E-state index contributed by atoms with van der Waals surface area (Å²) in [5, 5.41) is -0.0698. The van der Waals surface area contributed by atoms with Gasteiger partial charge >= 0.3 is 0 Å². The summed E-state index contributed by atoms with van der Waals surface area (Å²) in [6.45, 7) is 0. The number of carbonyl (C=O) groups is 1. The number of aldehydes is 1. The van der Waals surface area contributed by atoms with E-state index in [1.807, 2.05) is 0 Å². The van der Waals surface area contributed by atoms with Gasteiger partial charge in [-0.25, -0.2) is 8.42 Å². The lowest BCUT2D eigenvalue weighted by Gasteiger charge is -1.92. The average Bonchev–Trinajstić information content (AvgIpc) is 2.29. The van der Waals surface area contributed by atoms with Gasteiger partial charge in [-0.05, 0) is 0 Å². The molecule has 0 saturated heterocycles. The highest BCUT2D eigenvalue weighted by atomic mass is 35.5. The van der Waals surface area contributed by atoms with E-state index in [1.165, 1.54) is 0 Å². The van der Waals surface area contributed by atoms with Crippen LogP contribution in [0.25, 0.3) is 0 Å². The average molecular weight is 209 g/mol. The first-order chi connectivity index (χ1) is 5.46. The van der Waals surface area contributed by atoms with Gasteiger partial charge in [-0.2, -0.15) is 0 Å². The highest BCUT2D eigenvalue weighted by Crippen LogP contribution is 2.25. The summed E-state index contributed by atoms with van der Waals surface area (Å²) < 4.78 is 26.6. The number of rotatable bonds is 2. The zero-order valence-corrected chi connectivity index (χ0v) is 7.65. The zero-order valence-electron chi connectivity index (χ0n) is 6.07. The molecule has 66 valence electrons. The second-order valence-electron chi connectivity index (χ2n) is 2.17. The van der Waals surface area contributed by atoms with E-state index >= 15 is 0 Å². The fourth-order valence-corrected chi connectivity index (χ4v) is 2.20. The first kappa shape index (κ1) is 9.28. The van der Waals surface area contributed by atoms with Crippen molar-refractivity contribution in [2.24, 2.45) is 0 Å². The van der Waals surface area contributed by atoms with Crippen molar-refractivity contribution in [3.63, 3.8) is 0 Å². The fourth-order valence-electron chi connectivity index (χ4n) is 0.781. The Hall–Kier alpha value is -0.810. The second kappa shape index (κ2) is 2.91. The Kier molecular flexibility index (Phi) is 2.25. The largest absolute Gasteiger partial charge is 0.459 e. The second-order valence-corrected chi connectivity index (χ2v) is 4.53. The van der Waals surface area contributed by atoms with Crippen LogP contribution < -0.4 is 0 Å². The molecule has 0 bridgehead atoms. The molecule has 0 amide bonds. The summed E-state index contributed by atoms with van der Waals surface area (Å²) in [7, 11) is -3.49. The van der Waals surface area contributed by atoms with Crippen LogP contribution in [0, 0.1) is 0 Å². The number of sulfone groups is 1. The third-order valence-electron chi connectivity index (χ3n) is 1.21. The molecule has 0 spiro atoms. The summed E-state index contributed by atoms with van der Waals surface area (Å²) in [4.78, 5) is 10.0. The molecular formula is C6H5ClO4S. The minimum Gasteiger partial charge on any atom is -0.459 e. The molecular weight excluding hydrogens is 204 g/mol. The summed E-state index contributed by atoms with van der Waals surface area (Å²) in [5.74, 6) is -0.262. The number of furan rings is 1. The van der Waals surface area contributed by atoms with Crippen LogP contribution in [0.1, 0.15) is 10.6 Å². The van der Waals surface area contributed by atoms with Gasteiger partial charge in [0.1, 0.15) is 11.2 Å². The monoisotopic (exact) mass is 208 g/mol. The molecule has 0 aliphatic carbocycles. The lowest BCUT2D eigenvalue weighted by Crippen LogP contribution is -1.99. The van der Waals surface area contributed by atoms with Gasteiger partial charge in [-0.3, -0.25) is 4.79 Å². The van der Waals surface area contributed by atoms with Crippen LogP contribution in [0.5, 0.6) is 0 Å². The molecule has 0 aromatic carbocycles. The van der Waals surface area contributed by atoms with Crippen LogP contribution in [-0.2, 0) is 9.84 Å². The zero-order chi connectivity index (χ0) is 9.35. The Morgan fingerprint density at radius 1 is 1.58 bits per heavy atom. The van der Waals surface area contributed by atoms with Crippen LogP contribution in [0.15, 0.2) is 15.6 Å². The highest BCUT2D eigenvalue weighted by Gasteiger charge is 2.20. The van der Waals surface area contributed by atoms with Crippen LogP contribution >= 0.6 is 11.6 Å². The van der Waals surface area contributed by atoms with Gasteiger partial charge in [0.2, 0.25) is 0 Å². The van der Waals surface area contributed by atoms with E-state index in [4.69, 9.17) is 11.6 Å². The predicted octanol–water partition coefficient (Wildman–Crippen LogP) is 1.15. The van der Waals surface area contributed by atoms with Crippen molar-refractivity contribution in [2.45, 2.75) is 4.90 Å². The van der Waals surface area contributed by atoms with E-state index in [2.05, 4.69) is 4.42 Å². The molecule has 0 fully saturated rings. The number of halogens is 1. The quantitative estimate of drug-likeness (QED) is 0.684. The van der Waals surface area contributed by atoms with Crippen LogP contribution in [0.2, 0.25) is 5.02 Å². The van der Waals surface area contributed by atoms with Crippen molar-refractivity contribution in [1.29, 1.82) is 0 Å². The molecule has 6 heteroatoms. The first-order valence-electron chi connectivity index (χ1n) is 2.89.